The van der Waals surface area contributed by atoms with Gasteiger partial charge in [0.25, 0.3) is 0 Å². The van der Waals surface area contributed by atoms with Crippen molar-refractivity contribution in [1.82, 2.24) is 0 Å². The van der Waals surface area contributed by atoms with E-state index in [1.807, 2.05) is 7.05 Å². The predicted molar refractivity (Wildman–Crippen MR) is 74.6 cm³/mol. The molecule has 0 radical (unpaired) electrons. The molecule has 2 rings (SSSR count). The average molecular weight is 268 g/mol. The first-order valence-corrected chi connectivity index (χ1v) is 8.08. The maximum absolute atomic E-state index is 11.4. The van der Waals surface area contributed by atoms with Gasteiger partial charge in [0.05, 0.1) is 16.3 Å². The van der Waals surface area contributed by atoms with Crippen LogP contribution in [0.5, 0.6) is 0 Å². The first-order chi connectivity index (χ1) is 8.38. The van der Waals surface area contributed by atoms with E-state index in [-0.39, 0.29) is 4.90 Å². The largest absolute Gasteiger partial charge is 0.397 e. The van der Waals surface area contributed by atoms with Gasteiger partial charge in [0.2, 0.25) is 0 Å². The van der Waals surface area contributed by atoms with Crippen molar-refractivity contribution in [2.24, 2.45) is 5.92 Å². The third-order valence-corrected chi connectivity index (χ3v) is 4.71. The zero-order chi connectivity index (χ0) is 13.3. The molecular weight excluding hydrogens is 248 g/mol. The van der Waals surface area contributed by atoms with Crippen LogP contribution in [0.2, 0.25) is 0 Å². The topological polar surface area (TPSA) is 63.4 Å². The fraction of sp³-hybridized carbons (Fsp3) is 0.538. The first-order valence-electron chi connectivity index (χ1n) is 6.18. The molecule has 0 saturated heterocycles. The second kappa shape index (κ2) is 4.80. The summed E-state index contributed by atoms with van der Waals surface area (Å²) >= 11 is 0. The third-order valence-electron chi connectivity index (χ3n) is 3.60. The zero-order valence-corrected chi connectivity index (χ0v) is 11.7. The van der Waals surface area contributed by atoms with E-state index in [0.717, 1.165) is 18.2 Å². The standard InChI is InChI=1S/C13H20N2O2S/c1-15(9-10-4-3-5-10)13-7-6-11(8-12(13)14)18(2,16)17/h6-8,10H,3-5,9,14H2,1-2H3. The summed E-state index contributed by atoms with van der Waals surface area (Å²) in [5.41, 5.74) is 7.39. The van der Waals surface area contributed by atoms with Gasteiger partial charge < -0.3 is 10.6 Å². The Morgan fingerprint density at radius 1 is 1.39 bits per heavy atom. The van der Waals surface area contributed by atoms with Crippen molar-refractivity contribution < 1.29 is 8.42 Å². The highest BCUT2D eigenvalue weighted by Crippen LogP contribution is 2.31. The summed E-state index contributed by atoms with van der Waals surface area (Å²) in [6.45, 7) is 0.989. The molecule has 0 bridgehead atoms. The molecule has 0 amide bonds. The van der Waals surface area contributed by atoms with Crippen LogP contribution in [0, 0.1) is 5.92 Å². The van der Waals surface area contributed by atoms with Gasteiger partial charge in [-0.25, -0.2) is 8.42 Å². The molecular formula is C13H20N2O2S. The van der Waals surface area contributed by atoms with E-state index in [4.69, 9.17) is 5.73 Å². The highest BCUT2D eigenvalue weighted by molar-refractivity contribution is 7.90. The maximum atomic E-state index is 11.4. The molecule has 2 N–H and O–H groups in total. The number of sulfone groups is 1. The maximum Gasteiger partial charge on any atom is 0.175 e. The molecule has 1 fully saturated rings. The Morgan fingerprint density at radius 2 is 2.06 bits per heavy atom. The second-order valence-corrected chi connectivity index (χ2v) is 7.19. The van der Waals surface area contributed by atoms with Gasteiger partial charge in [-0.2, -0.15) is 0 Å². The summed E-state index contributed by atoms with van der Waals surface area (Å²) in [5.74, 6) is 0.754. The molecule has 0 aromatic heterocycles. The van der Waals surface area contributed by atoms with Crippen LogP contribution in [-0.2, 0) is 9.84 Å². The van der Waals surface area contributed by atoms with Crippen molar-refractivity contribution in [1.29, 1.82) is 0 Å². The van der Waals surface area contributed by atoms with Crippen molar-refractivity contribution in [3.05, 3.63) is 18.2 Å². The Bertz CT molecular complexity index is 536. The molecule has 1 aromatic carbocycles. The first kappa shape index (κ1) is 13.2. The zero-order valence-electron chi connectivity index (χ0n) is 10.9. The molecule has 1 aromatic rings. The smallest absolute Gasteiger partial charge is 0.175 e. The minimum absolute atomic E-state index is 0.279. The van der Waals surface area contributed by atoms with Gasteiger partial charge in [0.1, 0.15) is 0 Å². The Labute approximate surface area is 109 Å². The third kappa shape index (κ3) is 2.77. The summed E-state index contributed by atoms with van der Waals surface area (Å²) in [6.07, 6.45) is 5.08. The van der Waals surface area contributed by atoms with Crippen molar-refractivity contribution in [3.8, 4) is 0 Å². The van der Waals surface area contributed by atoms with Crippen LogP contribution >= 0.6 is 0 Å². The molecule has 0 spiro atoms. The van der Waals surface area contributed by atoms with Crippen molar-refractivity contribution in [2.75, 3.05) is 30.5 Å². The molecule has 0 unspecified atom stereocenters. The fourth-order valence-electron chi connectivity index (χ4n) is 2.27. The second-order valence-electron chi connectivity index (χ2n) is 5.17. The van der Waals surface area contributed by atoms with Gasteiger partial charge in [-0.1, -0.05) is 6.42 Å². The minimum Gasteiger partial charge on any atom is -0.397 e. The lowest BCUT2D eigenvalue weighted by molar-refractivity contribution is 0.321. The monoisotopic (exact) mass is 268 g/mol. The van der Waals surface area contributed by atoms with Crippen molar-refractivity contribution >= 4 is 21.2 Å². The summed E-state index contributed by atoms with van der Waals surface area (Å²) < 4.78 is 22.9. The average Bonchev–Trinajstić information content (AvgIpc) is 2.21. The molecule has 0 aliphatic heterocycles. The minimum atomic E-state index is -3.18. The van der Waals surface area contributed by atoms with Gasteiger partial charge >= 0.3 is 0 Å². The van der Waals surface area contributed by atoms with Gasteiger partial charge in [0.15, 0.2) is 9.84 Å². The van der Waals surface area contributed by atoms with E-state index in [9.17, 15) is 8.42 Å². The van der Waals surface area contributed by atoms with Crippen LogP contribution in [0.4, 0.5) is 11.4 Å². The molecule has 5 heteroatoms. The summed E-state index contributed by atoms with van der Waals surface area (Å²) in [7, 11) is -1.18. The SMILES string of the molecule is CN(CC1CCC1)c1ccc(S(C)(=O)=O)cc1N. The molecule has 1 aliphatic carbocycles. The van der Waals surface area contributed by atoms with Gasteiger partial charge in [-0.15, -0.1) is 0 Å². The Kier molecular flexibility index (Phi) is 3.52. The number of nitrogens with two attached hydrogens (primary N) is 1. The molecule has 1 saturated carbocycles. The summed E-state index contributed by atoms with van der Waals surface area (Å²) in [4.78, 5) is 2.39. The van der Waals surface area contributed by atoms with Crippen LogP contribution in [0.25, 0.3) is 0 Å². The van der Waals surface area contributed by atoms with Gasteiger partial charge in [-0.3, -0.25) is 0 Å². The van der Waals surface area contributed by atoms with E-state index >= 15 is 0 Å². The van der Waals surface area contributed by atoms with Crippen molar-refractivity contribution in [2.45, 2.75) is 24.2 Å². The number of hydrogen-bond acceptors (Lipinski definition) is 4. The number of nitrogen functional groups attached to an aromatic ring is 1. The molecule has 0 atom stereocenters. The number of anilines is 2. The van der Waals surface area contributed by atoms with E-state index < -0.39 is 9.84 Å². The molecule has 18 heavy (non-hydrogen) atoms. The molecule has 0 heterocycles. The van der Waals surface area contributed by atoms with Crippen LogP contribution in [0.15, 0.2) is 23.1 Å². The molecule has 4 nitrogen and oxygen atoms in total. The quantitative estimate of drug-likeness (QED) is 0.847. The van der Waals surface area contributed by atoms with E-state index in [1.165, 1.54) is 25.5 Å². The van der Waals surface area contributed by atoms with Gasteiger partial charge in [-0.05, 0) is 37.0 Å². The van der Waals surface area contributed by atoms with E-state index in [1.54, 1.807) is 18.2 Å². The van der Waals surface area contributed by atoms with Gasteiger partial charge in [0, 0.05) is 19.8 Å². The van der Waals surface area contributed by atoms with Crippen LogP contribution < -0.4 is 10.6 Å². The number of nitrogens with zero attached hydrogens (tertiary/aromatic N) is 1. The Balaban J connectivity index is 2.18. The van der Waals surface area contributed by atoms with Crippen LogP contribution in [-0.4, -0.2) is 28.3 Å². The van der Waals surface area contributed by atoms with Crippen molar-refractivity contribution in [3.63, 3.8) is 0 Å². The highest BCUT2D eigenvalue weighted by Gasteiger charge is 2.20. The number of rotatable bonds is 4. The van der Waals surface area contributed by atoms with Crippen LogP contribution in [0.1, 0.15) is 19.3 Å². The normalized spacial score (nSPS) is 16.3. The Morgan fingerprint density at radius 3 is 2.50 bits per heavy atom. The summed E-state index contributed by atoms with van der Waals surface area (Å²) in [6, 6.07) is 4.96. The molecule has 100 valence electrons. The predicted octanol–water partition coefficient (Wildman–Crippen LogP) is 1.91. The lowest BCUT2D eigenvalue weighted by Gasteiger charge is -2.31. The Hall–Kier alpha value is -1.23. The number of hydrogen-bond donors (Lipinski definition) is 1. The van der Waals surface area contributed by atoms with E-state index in [0.29, 0.717) is 5.69 Å². The highest BCUT2D eigenvalue weighted by atomic mass is 32.2. The lowest BCUT2D eigenvalue weighted by Crippen LogP contribution is -2.29. The fourth-order valence-corrected chi connectivity index (χ4v) is 2.93. The molecule has 1 aliphatic rings. The van der Waals surface area contributed by atoms with Crippen LogP contribution in [0.3, 0.4) is 0 Å². The van der Waals surface area contributed by atoms with E-state index in [2.05, 4.69) is 4.90 Å². The lowest BCUT2D eigenvalue weighted by atomic mass is 9.85. The number of benzene rings is 1. The summed E-state index contributed by atoms with van der Waals surface area (Å²) in [5, 5.41) is 0.